The molecule has 1 saturated heterocycles. The van der Waals surface area contributed by atoms with Gasteiger partial charge >= 0.3 is 0 Å². The van der Waals surface area contributed by atoms with Gasteiger partial charge in [0.05, 0.1) is 0 Å². The smallest absolute Gasteiger partial charge is 0.120 e. The molecule has 3 nitrogen and oxygen atoms in total. The van der Waals surface area contributed by atoms with E-state index in [1.165, 1.54) is 24.6 Å². The van der Waals surface area contributed by atoms with E-state index in [2.05, 4.69) is 36.9 Å². The van der Waals surface area contributed by atoms with Crippen LogP contribution in [0.15, 0.2) is 42.5 Å². The molecule has 1 heterocycles. The molecule has 3 rings (SSSR count). The summed E-state index contributed by atoms with van der Waals surface area (Å²) in [5.41, 5.74) is 0. The number of hydrogen-bond acceptors (Lipinski definition) is 3. The maximum Gasteiger partial charge on any atom is 0.120 e. The second-order valence-corrected chi connectivity index (χ2v) is 6.80. The van der Waals surface area contributed by atoms with Gasteiger partial charge in [-0.1, -0.05) is 36.8 Å². The predicted octanol–water partition coefficient (Wildman–Crippen LogP) is 3.84. The molecule has 0 spiro atoms. The van der Waals surface area contributed by atoms with Gasteiger partial charge in [0.25, 0.3) is 0 Å². The molecule has 1 fully saturated rings. The summed E-state index contributed by atoms with van der Waals surface area (Å²) in [7, 11) is 0. The van der Waals surface area contributed by atoms with Gasteiger partial charge in [-0.05, 0) is 49.6 Å². The Morgan fingerprint density at radius 1 is 1.09 bits per heavy atom. The van der Waals surface area contributed by atoms with E-state index in [0.29, 0.717) is 25.2 Å². The van der Waals surface area contributed by atoms with E-state index in [1.807, 2.05) is 24.3 Å². The van der Waals surface area contributed by atoms with Crippen LogP contribution in [0.1, 0.15) is 33.1 Å². The number of rotatable bonds is 5. The zero-order chi connectivity index (χ0) is 16.2. The third-order valence-electron chi connectivity index (χ3n) is 4.96. The van der Waals surface area contributed by atoms with Crippen LogP contribution in [-0.2, 0) is 0 Å². The fraction of sp³-hybridized carbons (Fsp3) is 0.500. The van der Waals surface area contributed by atoms with Crippen LogP contribution in [-0.4, -0.2) is 41.3 Å². The molecule has 1 aliphatic rings. The average Bonchev–Trinajstić information content (AvgIpc) is 2.56. The molecule has 3 heteroatoms. The molecule has 0 radical (unpaired) electrons. The van der Waals surface area contributed by atoms with E-state index in [-0.39, 0.29) is 0 Å². The Labute approximate surface area is 138 Å². The summed E-state index contributed by atoms with van der Waals surface area (Å²) >= 11 is 0. The minimum Gasteiger partial charge on any atom is -0.491 e. The van der Waals surface area contributed by atoms with Crippen LogP contribution < -0.4 is 4.74 Å². The molecule has 2 aromatic rings. The first-order chi connectivity index (χ1) is 11.1. The summed E-state index contributed by atoms with van der Waals surface area (Å²) in [5.74, 6) is 0.822. The lowest BCUT2D eigenvalue weighted by atomic mass is 9.97. The topological polar surface area (TPSA) is 32.7 Å². The van der Waals surface area contributed by atoms with Gasteiger partial charge in [0.15, 0.2) is 0 Å². The van der Waals surface area contributed by atoms with Crippen LogP contribution in [0, 0.1) is 0 Å². The Bertz CT molecular complexity index is 632. The van der Waals surface area contributed by atoms with Crippen molar-refractivity contribution in [2.75, 3.05) is 13.2 Å². The molecule has 0 bridgehead atoms. The van der Waals surface area contributed by atoms with Gasteiger partial charge in [-0.15, -0.1) is 0 Å². The number of fused-ring (bicyclic) bond motifs is 1. The van der Waals surface area contributed by atoms with Gasteiger partial charge in [-0.2, -0.15) is 0 Å². The van der Waals surface area contributed by atoms with Crippen molar-refractivity contribution in [3.8, 4) is 5.75 Å². The number of likely N-dealkylation sites (tertiary alicyclic amines) is 1. The highest BCUT2D eigenvalue weighted by Gasteiger charge is 2.26. The Hall–Kier alpha value is -1.58. The SMILES string of the molecule is C[C@H]1CCC[C@H](C)N1C[C@H](O)COc1ccc2ccccc2c1. The summed E-state index contributed by atoms with van der Waals surface area (Å²) in [5, 5.41) is 12.7. The normalized spacial score (nSPS) is 23.8. The van der Waals surface area contributed by atoms with Crippen LogP contribution in [0.3, 0.4) is 0 Å². The Kier molecular flexibility index (Phi) is 5.19. The zero-order valence-corrected chi connectivity index (χ0v) is 14.1. The second kappa shape index (κ2) is 7.33. The van der Waals surface area contributed by atoms with E-state index in [0.717, 1.165) is 11.1 Å². The van der Waals surface area contributed by atoms with Gasteiger partial charge < -0.3 is 9.84 Å². The summed E-state index contributed by atoms with van der Waals surface area (Å²) in [6.07, 6.45) is 3.29. The third-order valence-corrected chi connectivity index (χ3v) is 4.96. The summed E-state index contributed by atoms with van der Waals surface area (Å²) in [4.78, 5) is 2.41. The highest BCUT2D eigenvalue weighted by atomic mass is 16.5. The van der Waals surface area contributed by atoms with E-state index in [4.69, 9.17) is 4.74 Å². The first kappa shape index (κ1) is 16.3. The quantitative estimate of drug-likeness (QED) is 0.910. The van der Waals surface area contributed by atoms with Crippen molar-refractivity contribution < 1.29 is 9.84 Å². The summed E-state index contributed by atoms with van der Waals surface area (Å²) in [6.45, 7) is 5.54. The Morgan fingerprint density at radius 3 is 2.52 bits per heavy atom. The first-order valence-electron chi connectivity index (χ1n) is 8.69. The average molecular weight is 313 g/mol. The molecule has 0 amide bonds. The lowest BCUT2D eigenvalue weighted by molar-refractivity contribution is 0.0209. The minimum absolute atomic E-state index is 0.342. The third kappa shape index (κ3) is 4.04. The maximum atomic E-state index is 10.3. The van der Waals surface area contributed by atoms with E-state index in [1.54, 1.807) is 0 Å². The number of β-amino-alcohol motifs (C(OH)–C–C–N with tert-alkyl or cyclic N) is 1. The van der Waals surface area contributed by atoms with Gasteiger partial charge in [-0.3, -0.25) is 4.90 Å². The molecule has 0 aliphatic carbocycles. The predicted molar refractivity (Wildman–Crippen MR) is 94.9 cm³/mol. The molecule has 2 aromatic carbocycles. The highest BCUT2D eigenvalue weighted by molar-refractivity contribution is 5.83. The number of benzene rings is 2. The molecule has 124 valence electrons. The minimum atomic E-state index is -0.454. The van der Waals surface area contributed by atoms with Crippen molar-refractivity contribution in [1.82, 2.24) is 4.90 Å². The van der Waals surface area contributed by atoms with Crippen molar-refractivity contribution in [2.24, 2.45) is 0 Å². The van der Waals surface area contributed by atoms with Gasteiger partial charge in [0.2, 0.25) is 0 Å². The van der Waals surface area contributed by atoms with Crippen molar-refractivity contribution in [3.05, 3.63) is 42.5 Å². The number of aliphatic hydroxyl groups is 1. The standard InChI is InChI=1S/C20H27NO2/c1-15-6-5-7-16(2)21(15)13-19(22)14-23-20-11-10-17-8-3-4-9-18(17)12-20/h3-4,8-12,15-16,19,22H,5-7,13-14H2,1-2H3/t15-,16-,19-/m0/s1. The zero-order valence-electron chi connectivity index (χ0n) is 14.1. The first-order valence-corrected chi connectivity index (χ1v) is 8.69. The Balaban J connectivity index is 1.56. The number of hydrogen-bond donors (Lipinski definition) is 1. The van der Waals surface area contributed by atoms with Crippen LogP contribution in [0.25, 0.3) is 10.8 Å². The van der Waals surface area contributed by atoms with Crippen molar-refractivity contribution in [1.29, 1.82) is 0 Å². The number of aliphatic hydroxyl groups excluding tert-OH is 1. The maximum absolute atomic E-state index is 10.3. The van der Waals surface area contributed by atoms with Crippen LogP contribution in [0.4, 0.5) is 0 Å². The second-order valence-electron chi connectivity index (χ2n) is 6.80. The van der Waals surface area contributed by atoms with Gasteiger partial charge in [0, 0.05) is 18.6 Å². The lowest BCUT2D eigenvalue weighted by Gasteiger charge is -2.40. The van der Waals surface area contributed by atoms with E-state index < -0.39 is 6.10 Å². The highest BCUT2D eigenvalue weighted by Crippen LogP contribution is 2.23. The number of ether oxygens (including phenoxy) is 1. The largest absolute Gasteiger partial charge is 0.491 e. The molecule has 23 heavy (non-hydrogen) atoms. The van der Waals surface area contributed by atoms with E-state index in [9.17, 15) is 5.11 Å². The van der Waals surface area contributed by atoms with Gasteiger partial charge in [-0.25, -0.2) is 0 Å². The molecule has 0 saturated carbocycles. The monoisotopic (exact) mass is 313 g/mol. The molecule has 1 N–H and O–H groups in total. The fourth-order valence-electron chi connectivity index (χ4n) is 3.58. The number of piperidine rings is 1. The fourth-order valence-corrected chi connectivity index (χ4v) is 3.58. The van der Waals surface area contributed by atoms with Crippen LogP contribution >= 0.6 is 0 Å². The molecule has 1 aliphatic heterocycles. The Morgan fingerprint density at radius 2 is 1.78 bits per heavy atom. The van der Waals surface area contributed by atoms with Crippen LogP contribution in [0.5, 0.6) is 5.75 Å². The van der Waals surface area contributed by atoms with E-state index >= 15 is 0 Å². The summed E-state index contributed by atoms with van der Waals surface area (Å²) in [6, 6.07) is 15.4. The van der Waals surface area contributed by atoms with Crippen molar-refractivity contribution in [3.63, 3.8) is 0 Å². The summed E-state index contributed by atoms with van der Waals surface area (Å²) < 4.78 is 5.81. The van der Waals surface area contributed by atoms with Gasteiger partial charge in [0.1, 0.15) is 18.5 Å². The molecule has 0 unspecified atom stereocenters. The lowest BCUT2D eigenvalue weighted by Crippen LogP contribution is -2.48. The van der Waals surface area contributed by atoms with Crippen LogP contribution in [0.2, 0.25) is 0 Å². The van der Waals surface area contributed by atoms with Crippen molar-refractivity contribution >= 4 is 10.8 Å². The number of nitrogens with zero attached hydrogens (tertiary/aromatic N) is 1. The molecule has 3 atom stereocenters. The molecular weight excluding hydrogens is 286 g/mol. The molecular formula is C20H27NO2. The molecule has 0 aromatic heterocycles. The van der Waals surface area contributed by atoms with Crippen molar-refractivity contribution in [2.45, 2.75) is 51.3 Å².